The number of rotatable bonds is 1. The normalized spacial score (nSPS) is 9.00. The predicted molar refractivity (Wildman–Crippen MR) is 41.2 cm³/mol. The van der Waals surface area contributed by atoms with E-state index in [0.29, 0.717) is 0 Å². The molecule has 4 nitrogen and oxygen atoms in total. The molecule has 0 saturated carbocycles. The Morgan fingerprint density at radius 3 is 3.08 bits per heavy atom. The van der Waals surface area contributed by atoms with Crippen LogP contribution in [0.3, 0.4) is 0 Å². The lowest BCUT2D eigenvalue weighted by molar-refractivity contribution is -0.670. The number of carbonyl (C=O) groups is 1. The van der Waals surface area contributed by atoms with Crippen molar-refractivity contribution in [1.29, 1.82) is 0 Å². The van der Waals surface area contributed by atoms with Crippen LogP contribution in [-0.2, 0) is 11.8 Å². The topological polar surface area (TPSA) is 35.1 Å². The Bertz CT molecular complexity index is 322. The first-order chi connectivity index (χ1) is 5.74. The zero-order chi connectivity index (χ0) is 8.97. The van der Waals surface area contributed by atoms with E-state index >= 15 is 0 Å². The maximum Gasteiger partial charge on any atom is 0.512 e. The first kappa shape index (κ1) is 8.34. The molecule has 1 rings (SSSR count). The Hall–Kier alpha value is -1.76. The summed E-state index contributed by atoms with van der Waals surface area (Å²) >= 11 is 0. The number of ether oxygens (including phenoxy) is 1. The van der Waals surface area contributed by atoms with Crippen molar-refractivity contribution in [1.82, 2.24) is 4.57 Å². The van der Waals surface area contributed by atoms with E-state index in [1.807, 2.05) is 7.05 Å². The lowest BCUT2D eigenvalue weighted by atomic mass is 10.7. The van der Waals surface area contributed by atoms with Crippen LogP contribution in [0.25, 0.3) is 0 Å². The summed E-state index contributed by atoms with van der Waals surface area (Å²) in [6.45, 7) is 0.000722. The van der Waals surface area contributed by atoms with E-state index < -0.39 is 6.09 Å². The summed E-state index contributed by atoms with van der Waals surface area (Å²) in [5, 5.41) is 0. The van der Waals surface area contributed by atoms with E-state index in [0.717, 1.165) is 0 Å². The second-order valence-electron chi connectivity index (χ2n) is 2.25. The minimum Gasteiger partial charge on any atom is -0.418 e. The molecule has 0 atom stereocenters. The van der Waals surface area contributed by atoms with Gasteiger partial charge in [-0.2, -0.15) is 4.79 Å². The number of aromatic nitrogens is 2. The molecule has 1 aromatic rings. The number of hydrogen-bond donors (Lipinski definition) is 0. The predicted octanol–water partition coefficient (Wildman–Crippen LogP) is -0.0695. The highest BCUT2D eigenvalue weighted by Crippen LogP contribution is 1.87. The first-order valence-corrected chi connectivity index (χ1v) is 3.38. The first-order valence-electron chi connectivity index (χ1n) is 3.38. The molecule has 12 heavy (non-hydrogen) atoms. The van der Waals surface area contributed by atoms with Gasteiger partial charge in [-0.25, -0.2) is 4.57 Å². The number of hydrogen-bond acceptors (Lipinski definition) is 2. The van der Waals surface area contributed by atoms with Crippen molar-refractivity contribution in [3.8, 4) is 12.3 Å². The molecule has 0 amide bonds. The van der Waals surface area contributed by atoms with E-state index in [2.05, 4.69) is 10.7 Å². The van der Waals surface area contributed by atoms with Gasteiger partial charge in [-0.3, -0.25) is 0 Å². The van der Waals surface area contributed by atoms with Crippen molar-refractivity contribution < 1.29 is 14.1 Å². The van der Waals surface area contributed by atoms with Crippen LogP contribution in [-0.4, -0.2) is 17.3 Å². The SMILES string of the molecule is C#CCOC(=O)n1cc[n+](C)c1. The van der Waals surface area contributed by atoms with E-state index in [4.69, 9.17) is 6.42 Å². The van der Waals surface area contributed by atoms with Crippen LogP contribution in [0.15, 0.2) is 18.7 Å². The molecule has 0 radical (unpaired) electrons. The maximum absolute atomic E-state index is 11.0. The fourth-order valence-electron chi connectivity index (χ4n) is 0.736. The van der Waals surface area contributed by atoms with Gasteiger partial charge < -0.3 is 4.74 Å². The minimum atomic E-state index is -0.464. The molecule has 4 heteroatoms. The molecule has 0 saturated heterocycles. The fraction of sp³-hybridized carbons (Fsp3) is 0.250. The van der Waals surface area contributed by atoms with Crippen LogP contribution in [0.1, 0.15) is 0 Å². The molecule has 62 valence electrons. The Morgan fingerprint density at radius 2 is 2.58 bits per heavy atom. The number of imidazole rings is 1. The molecule has 0 aliphatic rings. The van der Waals surface area contributed by atoms with Crippen LogP contribution in [0.4, 0.5) is 4.79 Å². The molecule has 0 fully saturated rings. The summed E-state index contributed by atoms with van der Waals surface area (Å²) < 4.78 is 7.72. The Morgan fingerprint density at radius 1 is 1.83 bits per heavy atom. The zero-order valence-corrected chi connectivity index (χ0v) is 6.73. The average Bonchev–Trinajstić information content (AvgIpc) is 2.47. The van der Waals surface area contributed by atoms with Gasteiger partial charge in [0.05, 0.1) is 7.05 Å². The van der Waals surface area contributed by atoms with Gasteiger partial charge in [-0.05, 0) is 0 Å². The van der Waals surface area contributed by atoms with Gasteiger partial charge in [0.1, 0.15) is 12.4 Å². The minimum absolute atomic E-state index is 0.000722. The monoisotopic (exact) mass is 165 g/mol. The average molecular weight is 165 g/mol. The van der Waals surface area contributed by atoms with Crippen LogP contribution >= 0.6 is 0 Å². The summed E-state index contributed by atoms with van der Waals surface area (Å²) in [5.41, 5.74) is 0. The largest absolute Gasteiger partial charge is 0.512 e. The van der Waals surface area contributed by atoms with Crippen molar-refractivity contribution in [3.05, 3.63) is 18.7 Å². The molecule has 0 unspecified atom stereocenters. The highest BCUT2D eigenvalue weighted by atomic mass is 16.5. The third kappa shape index (κ3) is 1.86. The van der Waals surface area contributed by atoms with Gasteiger partial charge in [-0.15, -0.1) is 11.0 Å². The number of terminal acetylenes is 1. The zero-order valence-electron chi connectivity index (χ0n) is 6.73. The molecule has 0 N–H and O–H groups in total. The molecule has 0 bridgehead atoms. The van der Waals surface area contributed by atoms with Crippen molar-refractivity contribution in [2.45, 2.75) is 0 Å². The molecular weight excluding hydrogens is 156 g/mol. The Balaban J connectivity index is 2.61. The lowest BCUT2D eigenvalue weighted by Gasteiger charge is -1.92. The van der Waals surface area contributed by atoms with Crippen molar-refractivity contribution in [2.24, 2.45) is 7.05 Å². The van der Waals surface area contributed by atoms with E-state index in [1.54, 1.807) is 23.3 Å². The van der Waals surface area contributed by atoms with E-state index in [9.17, 15) is 4.79 Å². The Labute approximate surface area is 70.4 Å². The summed E-state index contributed by atoms with van der Waals surface area (Å²) in [6, 6.07) is 0. The fourth-order valence-corrected chi connectivity index (χ4v) is 0.736. The maximum atomic E-state index is 11.0. The smallest absolute Gasteiger partial charge is 0.418 e. The standard InChI is InChI=1S/C8H9N2O2/c1-3-6-12-8(11)10-5-4-9(2)7-10/h1,4-5,7H,6H2,2H3/q+1. The summed E-state index contributed by atoms with van der Waals surface area (Å²) in [7, 11) is 1.81. The molecule has 0 aromatic carbocycles. The third-order valence-corrected chi connectivity index (χ3v) is 1.26. The third-order valence-electron chi connectivity index (χ3n) is 1.26. The summed E-state index contributed by atoms with van der Waals surface area (Å²) in [5.74, 6) is 2.21. The van der Waals surface area contributed by atoms with Crippen molar-refractivity contribution in [2.75, 3.05) is 6.61 Å². The van der Waals surface area contributed by atoms with Gasteiger partial charge in [0.25, 0.3) is 6.33 Å². The summed E-state index contributed by atoms with van der Waals surface area (Å²) in [6.07, 6.45) is 9.38. The van der Waals surface area contributed by atoms with Crippen molar-refractivity contribution >= 4 is 6.09 Å². The highest BCUT2D eigenvalue weighted by molar-refractivity contribution is 5.69. The second kappa shape index (κ2) is 3.58. The van der Waals surface area contributed by atoms with Gasteiger partial charge in [0.2, 0.25) is 0 Å². The van der Waals surface area contributed by atoms with Gasteiger partial charge in [0, 0.05) is 0 Å². The van der Waals surface area contributed by atoms with Crippen LogP contribution in [0.5, 0.6) is 0 Å². The molecule has 0 spiro atoms. The molecular formula is C8H9N2O2+. The molecule has 0 aliphatic carbocycles. The van der Waals surface area contributed by atoms with E-state index in [1.165, 1.54) is 4.57 Å². The van der Waals surface area contributed by atoms with E-state index in [-0.39, 0.29) is 6.61 Å². The van der Waals surface area contributed by atoms with Gasteiger partial charge >= 0.3 is 6.09 Å². The van der Waals surface area contributed by atoms with Gasteiger partial charge in [-0.1, -0.05) is 5.92 Å². The number of aryl methyl sites for hydroxylation is 1. The van der Waals surface area contributed by atoms with Crippen molar-refractivity contribution in [3.63, 3.8) is 0 Å². The molecule has 0 aliphatic heterocycles. The second-order valence-corrected chi connectivity index (χ2v) is 2.25. The van der Waals surface area contributed by atoms with Crippen LogP contribution < -0.4 is 4.57 Å². The number of nitrogens with zero attached hydrogens (tertiary/aromatic N) is 2. The van der Waals surface area contributed by atoms with Crippen LogP contribution in [0, 0.1) is 12.3 Å². The lowest BCUT2D eigenvalue weighted by Crippen LogP contribution is -2.25. The van der Waals surface area contributed by atoms with Gasteiger partial charge in [0.15, 0.2) is 6.61 Å². The van der Waals surface area contributed by atoms with Crippen LogP contribution in [0.2, 0.25) is 0 Å². The Kier molecular flexibility index (Phi) is 2.49. The number of carbonyl (C=O) groups excluding carboxylic acids is 1. The molecule has 1 heterocycles. The quantitative estimate of drug-likeness (QED) is 0.431. The molecule has 1 aromatic heterocycles. The highest BCUT2D eigenvalue weighted by Gasteiger charge is 2.11. The summed E-state index contributed by atoms with van der Waals surface area (Å²) in [4.78, 5) is 11.0.